The Morgan fingerprint density at radius 3 is 1.87 bits per heavy atom. The van der Waals surface area contributed by atoms with Crippen molar-refractivity contribution in [3.8, 4) is 5.75 Å². The zero-order valence-corrected chi connectivity index (χ0v) is 16.9. The predicted octanol–water partition coefficient (Wildman–Crippen LogP) is 3.55. The summed E-state index contributed by atoms with van der Waals surface area (Å²) < 4.78 is 28.5. The molecule has 0 fully saturated rings. The number of carbonyl (C=O) groups excluding carboxylic acids is 2. The van der Waals surface area contributed by atoms with E-state index >= 15 is 0 Å². The van der Waals surface area contributed by atoms with Crippen LogP contribution in [0, 0.1) is 5.82 Å². The van der Waals surface area contributed by atoms with E-state index in [2.05, 4.69) is 0 Å². The fourth-order valence-electron chi connectivity index (χ4n) is 3.34. The van der Waals surface area contributed by atoms with E-state index in [-0.39, 0.29) is 11.1 Å². The van der Waals surface area contributed by atoms with Gasteiger partial charge >= 0.3 is 11.9 Å². The van der Waals surface area contributed by atoms with Crippen LogP contribution in [0.2, 0.25) is 0 Å². The van der Waals surface area contributed by atoms with Gasteiger partial charge in [-0.1, -0.05) is 24.3 Å². The molecule has 1 heterocycles. The second-order valence-corrected chi connectivity index (χ2v) is 6.66. The van der Waals surface area contributed by atoms with Gasteiger partial charge in [-0.05, 0) is 35.4 Å². The summed E-state index contributed by atoms with van der Waals surface area (Å²) in [5.41, 5.74) is 2.02. The summed E-state index contributed by atoms with van der Waals surface area (Å²) in [6.07, 6.45) is 3.27. The van der Waals surface area contributed by atoms with E-state index in [0.717, 1.165) is 11.3 Å². The third-order valence-corrected chi connectivity index (χ3v) is 4.80. The van der Waals surface area contributed by atoms with Crippen molar-refractivity contribution in [2.24, 2.45) is 0 Å². The van der Waals surface area contributed by atoms with E-state index in [4.69, 9.17) is 14.2 Å². The van der Waals surface area contributed by atoms with Crippen molar-refractivity contribution in [1.82, 2.24) is 4.90 Å². The molecule has 0 saturated heterocycles. The minimum absolute atomic E-state index is 0.250. The largest absolute Gasteiger partial charge is 0.497 e. The number of rotatable bonds is 6. The van der Waals surface area contributed by atoms with Crippen LogP contribution < -0.4 is 4.74 Å². The monoisotopic (exact) mass is 411 g/mol. The molecule has 30 heavy (non-hydrogen) atoms. The molecule has 0 aliphatic carbocycles. The molecule has 6 nitrogen and oxygen atoms in total. The van der Waals surface area contributed by atoms with Crippen molar-refractivity contribution in [2.45, 2.75) is 12.5 Å². The Kier molecular flexibility index (Phi) is 6.51. The normalized spacial score (nSPS) is 13.9. The molecule has 0 bridgehead atoms. The lowest BCUT2D eigenvalue weighted by atomic mass is 9.83. The number of nitrogens with zero attached hydrogens (tertiary/aromatic N) is 1. The molecule has 3 rings (SSSR count). The van der Waals surface area contributed by atoms with Crippen LogP contribution in [-0.4, -0.2) is 38.2 Å². The SMILES string of the molecule is COC(=O)C1=CN(Cc2ccc(OC)cc2)C=C(C(=O)OC)C1c1ccc(F)cc1. The highest BCUT2D eigenvalue weighted by molar-refractivity contribution is 5.98. The Morgan fingerprint density at radius 1 is 0.867 bits per heavy atom. The van der Waals surface area contributed by atoms with Crippen molar-refractivity contribution in [3.63, 3.8) is 0 Å². The van der Waals surface area contributed by atoms with Crippen LogP contribution in [0.4, 0.5) is 4.39 Å². The number of carbonyl (C=O) groups is 2. The predicted molar refractivity (Wildman–Crippen MR) is 108 cm³/mol. The standard InChI is InChI=1S/C23H22FNO5/c1-28-18-10-4-15(5-11-18)12-25-13-19(22(26)29-2)21(20(14-25)23(27)30-3)16-6-8-17(24)9-7-16/h4-11,13-14,21H,12H2,1-3H3. The molecule has 0 atom stereocenters. The molecule has 1 aliphatic heterocycles. The summed E-state index contributed by atoms with van der Waals surface area (Å²) in [6, 6.07) is 13.1. The average Bonchev–Trinajstić information content (AvgIpc) is 2.78. The third-order valence-electron chi connectivity index (χ3n) is 4.80. The van der Waals surface area contributed by atoms with Crippen LogP contribution in [-0.2, 0) is 25.6 Å². The van der Waals surface area contributed by atoms with Crippen molar-refractivity contribution in [2.75, 3.05) is 21.3 Å². The minimum Gasteiger partial charge on any atom is -0.497 e. The maximum absolute atomic E-state index is 13.4. The number of benzene rings is 2. The van der Waals surface area contributed by atoms with Gasteiger partial charge in [-0.3, -0.25) is 0 Å². The summed E-state index contributed by atoms with van der Waals surface area (Å²) in [7, 11) is 4.13. The van der Waals surface area contributed by atoms with Crippen LogP contribution in [0.3, 0.4) is 0 Å². The Bertz CT molecular complexity index is 946. The van der Waals surface area contributed by atoms with Crippen LogP contribution in [0.1, 0.15) is 17.0 Å². The quantitative estimate of drug-likeness (QED) is 0.678. The number of esters is 2. The summed E-state index contributed by atoms with van der Waals surface area (Å²) in [6.45, 7) is 0.404. The van der Waals surface area contributed by atoms with Crippen LogP contribution in [0.15, 0.2) is 72.1 Å². The fraction of sp³-hybridized carbons (Fsp3) is 0.217. The van der Waals surface area contributed by atoms with Crippen molar-refractivity contribution in [3.05, 3.63) is 89.0 Å². The number of halogens is 1. The number of methoxy groups -OCH3 is 3. The van der Waals surface area contributed by atoms with E-state index < -0.39 is 23.7 Å². The topological polar surface area (TPSA) is 65.1 Å². The summed E-state index contributed by atoms with van der Waals surface area (Å²) in [5.74, 6) is -1.59. The summed E-state index contributed by atoms with van der Waals surface area (Å²) in [5, 5.41) is 0. The summed E-state index contributed by atoms with van der Waals surface area (Å²) >= 11 is 0. The Hall–Kier alpha value is -3.61. The molecule has 0 unspecified atom stereocenters. The van der Waals surface area contributed by atoms with Crippen molar-refractivity contribution in [1.29, 1.82) is 0 Å². The van der Waals surface area contributed by atoms with Gasteiger partial charge < -0.3 is 19.1 Å². The fourth-order valence-corrected chi connectivity index (χ4v) is 3.34. The number of hydrogen-bond acceptors (Lipinski definition) is 6. The molecule has 1 aliphatic rings. The average molecular weight is 411 g/mol. The van der Waals surface area contributed by atoms with Crippen molar-refractivity contribution >= 4 is 11.9 Å². The summed E-state index contributed by atoms with van der Waals surface area (Å²) in [4.78, 5) is 26.9. The minimum atomic E-state index is -0.738. The van der Waals surface area contributed by atoms with Gasteiger partial charge in [0.15, 0.2) is 0 Å². The molecule has 156 valence electrons. The molecular formula is C23H22FNO5. The Morgan fingerprint density at radius 2 is 1.40 bits per heavy atom. The van der Waals surface area contributed by atoms with Gasteiger partial charge in [0.2, 0.25) is 0 Å². The first-order chi connectivity index (χ1) is 14.5. The second kappa shape index (κ2) is 9.26. The number of hydrogen-bond donors (Lipinski definition) is 0. The maximum atomic E-state index is 13.4. The maximum Gasteiger partial charge on any atom is 0.336 e. The highest BCUT2D eigenvalue weighted by Crippen LogP contribution is 2.37. The lowest BCUT2D eigenvalue weighted by molar-refractivity contribution is -0.137. The molecular weight excluding hydrogens is 389 g/mol. The zero-order valence-electron chi connectivity index (χ0n) is 16.9. The van der Waals surface area contributed by atoms with E-state index in [9.17, 15) is 14.0 Å². The highest BCUT2D eigenvalue weighted by atomic mass is 19.1. The highest BCUT2D eigenvalue weighted by Gasteiger charge is 2.35. The first-order valence-electron chi connectivity index (χ1n) is 9.21. The van der Waals surface area contributed by atoms with Gasteiger partial charge in [-0.2, -0.15) is 0 Å². The van der Waals surface area contributed by atoms with Crippen LogP contribution in [0.5, 0.6) is 5.75 Å². The molecule has 0 saturated carbocycles. The molecule has 2 aromatic carbocycles. The number of ether oxygens (including phenoxy) is 3. The molecule has 0 spiro atoms. The van der Waals surface area contributed by atoms with Gasteiger partial charge in [0, 0.05) is 18.9 Å². The lowest BCUT2D eigenvalue weighted by Gasteiger charge is -2.30. The van der Waals surface area contributed by atoms with Gasteiger partial charge in [-0.25, -0.2) is 14.0 Å². The zero-order chi connectivity index (χ0) is 21.7. The third kappa shape index (κ3) is 4.51. The lowest BCUT2D eigenvalue weighted by Crippen LogP contribution is -2.28. The molecule has 7 heteroatoms. The molecule has 0 amide bonds. The first-order valence-corrected chi connectivity index (χ1v) is 9.21. The Balaban J connectivity index is 2.03. The van der Waals surface area contributed by atoms with Gasteiger partial charge in [0.05, 0.1) is 38.4 Å². The van der Waals surface area contributed by atoms with Gasteiger partial charge in [0.25, 0.3) is 0 Å². The molecule has 2 aromatic rings. The van der Waals surface area contributed by atoms with Gasteiger partial charge in [-0.15, -0.1) is 0 Å². The van der Waals surface area contributed by atoms with E-state index in [1.54, 1.807) is 24.4 Å². The second-order valence-electron chi connectivity index (χ2n) is 6.66. The first kappa shape index (κ1) is 21.1. The van der Waals surface area contributed by atoms with Gasteiger partial charge in [0.1, 0.15) is 11.6 Å². The smallest absolute Gasteiger partial charge is 0.336 e. The molecule has 0 radical (unpaired) electrons. The molecule has 0 N–H and O–H groups in total. The Labute approximate surface area is 174 Å². The van der Waals surface area contributed by atoms with Crippen LogP contribution >= 0.6 is 0 Å². The van der Waals surface area contributed by atoms with Crippen LogP contribution in [0.25, 0.3) is 0 Å². The molecule has 0 aromatic heterocycles. The van der Waals surface area contributed by atoms with E-state index in [0.29, 0.717) is 12.1 Å². The van der Waals surface area contributed by atoms with E-state index in [1.165, 1.54) is 38.5 Å². The van der Waals surface area contributed by atoms with Crippen molar-refractivity contribution < 1.29 is 28.2 Å². The van der Waals surface area contributed by atoms with E-state index in [1.807, 2.05) is 24.3 Å².